The maximum Gasteiger partial charge on any atom is 0.0464 e. The van der Waals surface area contributed by atoms with E-state index in [-0.39, 0.29) is 0 Å². The fourth-order valence-corrected chi connectivity index (χ4v) is 7.39. The van der Waals surface area contributed by atoms with Crippen LogP contribution in [-0.4, -0.2) is 0 Å². The maximum absolute atomic E-state index is 3.85. The lowest BCUT2D eigenvalue weighted by atomic mass is 9.93. The van der Waals surface area contributed by atoms with Crippen molar-refractivity contribution in [3.63, 3.8) is 0 Å². The van der Waals surface area contributed by atoms with Crippen molar-refractivity contribution < 1.29 is 0 Å². The smallest absolute Gasteiger partial charge is 0.0464 e. The summed E-state index contributed by atoms with van der Waals surface area (Å²) in [6.45, 7) is 0. The first-order valence-electron chi connectivity index (χ1n) is 19.1. The van der Waals surface area contributed by atoms with E-state index in [2.05, 4.69) is 241 Å². The largest absolute Gasteiger partial charge is 0.355 e. The van der Waals surface area contributed by atoms with Crippen LogP contribution in [-0.2, 0) is 0 Å². The molecule has 9 rings (SSSR count). The number of anilines is 4. The van der Waals surface area contributed by atoms with Gasteiger partial charge in [0.2, 0.25) is 0 Å². The molecule has 56 heavy (non-hydrogen) atoms. The third-order valence-electron chi connectivity index (χ3n) is 10.2. The molecule has 0 aliphatic rings. The van der Waals surface area contributed by atoms with Crippen LogP contribution in [0.25, 0.3) is 66.8 Å². The van der Waals surface area contributed by atoms with E-state index in [4.69, 9.17) is 0 Å². The Hall–Kier alpha value is -7.42. The normalized spacial score (nSPS) is 10.9. The molecule has 0 aliphatic carbocycles. The van der Waals surface area contributed by atoms with Gasteiger partial charge in [0.1, 0.15) is 0 Å². The molecule has 9 aromatic carbocycles. The lowest BCUT2D eigenvalue weighted by Crippen LogP contribution is -1.97. The van der Waals surface area contributed by atoms with E-state index in [1.165, 1.54) is 33.4 Å². The minimum Gasteiger partial charge on any atom is -0.355 e. The number of hydrogen-bond acceptors (Lipinski definition) is 2. The number of nitrogens with one attached hydrogen (secondary N) is 2. The van der Waals surface area contributed by atoms with Gasteiger partial charge in [-0.1, -0.05) is 176 Å². The van der Waals surface area contributed by atoms with E-state index in [1.807, 2.05) is 0 Å². The molecule has 2 nitrogen and oxygen atoms in total. The summed E-state index contributed by atoms with van der Waals surface area (Å²) in [6, 6.07) is 81.9. The van der Waals surface area contributed by atoms with E-state index in [1.54, 1.807) is 0 Å². The first kappa shape index (κ1) is 34.4. The van der Waals surface area contributed by atoms with Gasteiger partial charge in [-0.05, 0) is 110 Å². The molecule has 0 amide bonds. The lowest BCUT2D eigenvalue weighted by molar-refractivity contribution is 1.50. The molecule has 9 aromatic rings. The molecular weight excluding hydrogens is 677 g/mol. The highest BCUT2D eigenvalue weighted by Gasteiger charge is 2.14. The van der Waals surface area contributed by atoms with Crippen LogP contribution >= 0.6 is 0 Å². The van der Waals surface area contributed by atoms with Crippen molar-refractivity contribution in [1.82, 2.24) is 0 Å². The Morgan fingerprint density at radius 3 is 0.982 bits per heavy atom. The number of hydrogen-bond donors (Lipinski definition) is 2. The molecule has 2 N–H and O–H groups in total. The van der Waals surface area contributed by atoms with E-state index in [0.29, 0.717) is 0 Å². The van der Waals surface area contributed by atoms with Crippen molar-refractivity contribution in [2.45, 2.75) is 0 Å². The van der Waals surface area contributed by atoms with Gasteiger partial charge in [0.05, 0.1) is 0 Å². The molecule has 0 saturated carbocycles. The zero-order valence-corrected chi connectivity index (χ0v) is 30.9. The van der Waals surface area contributed by atoms with Crippen molar-refractivity contribution in [1.29, 1.82) is 0 Å². The van der Waals surface area contributed by atoms with Crippen molar-refractivity contribution in [3.05, 3.63) is 231 Å². The Kier molecular flexibility index (Phi) is 9.75. The number of benzene rings is 9. The molecule has 0 heterocycles. The van der Waals surface area contributed by atoms with Crippen LogP contribution in [0.15, 0.2) is 231 Å². The van der Waals surface area contributed by atoms with Crippen LogP contribution < -0.4 is 10.6 Å². The molecule has 0 saturated heterocycles. The molecule has 0 spiro atoms. The Labute approximate surface area is 329 Å². The minimum absolute atomic E-state index is 1.04. The van der Waals surface area contributed by atoms with Crippen LogP contribution in [0.4, 0.5) is 22.7 Å². The topological polar surface area (TPSA) is 24.1 Å². The fraction of sp³-hybridized carbons (Fsp3) is 0. The van der Waals surface area contributed by atoms with Gasteiger partial charge in [0.25, 0.3) is 0 Å². The van der Waals surface area contributed by atoms with Crippen LogP contribution in [0.1, 0.15) is 0 Å². The molecule has 0 bridgehead atoms. The standard InChI is InChI=1S/C54H40N2/c1-6-17-39(18-7-1)44-27-16-28-49(34-44)55-53-31-29-45(37-51(53)42-23-12-4-13-24-42)46-30-32-54(52(38-46)43-25-14-5-15-26-43)56-50-35-47(40-19-8-2-9-20-40)33-48(36-50)41-21-10-3-11-22-41/h1-38,55-56H. The molecule has 2 heteroatoms. The van der Waals surface area contributed by atoms with Gasteiger partial charge in [-0.3, -0.25) is 0 Å². The summed E-state index contributed by atoms with van der Waals surface area (Å²) in [5.41, 5.74) is 18.1. The minimum atomic E-state index is 1.04. The Bertz CT molecular complexity index is 2650. The molecule has 0 aromatic heterocycles. The van der Waals surface area contributed by atoms with Crippen LogP contribution in [0.2, 0.25) is 0 Å². The molecule has 0 atom stereocenters. The molecule has 0 fully saturated rings. The van der Waals surface area contributed by atoms with E-state index >= 15 is 0 Å². The van der Waals surface area contributed by atoms with Gasteiger partial charge in [0, 0.05) is 33.9 Å². The predicted octanol–water partition coefficient (Wildman–Crippen LogP) is 15.2. The Morgan fingerprint density at radius 2 is 0.536 bits per heavy atom. The average molecular weight is 717 g/mol. The first-order chi connectivity index (χ1) is 27.7. The summed E-state index contributed by atoms with van der Waals surface area (Å²) >= 11 is 0. The van der Waals surface area contributed by atoms with E-state index in [0.717, 1.165) is 56.1 Å². The fourth-order valence-electron chi connectivity index (χ4n) is 7.39. The second kappa shape index (κ2) is 15.9. The highest BCUT2D eigenvalue weighted by Crippen LogP contribution is 2.40. The van der Waals surface area contributed by atoms with Crippen molar-refractivity contribution in [3.8, 4) is 66.8 Å². The maximum atomic E-state index is 3.85. The second-order valence-electron chi connectivity index (χ2n) is 14.0. The second-order valence-corrected chi connectivity index (χ2v) is 14.0. The van der Waals surface area contributed by atoms with Gasteiger partial charge in [0.15, 0.2) is 0 Å². The summed E-state index contributed by atoms with van der Waals surface area (Å²) < 4.78 is 0. The Morgan fingerprint density at radius 1 is 0.196 bits per heavy atom. The molecule has 0 radical (unpaired) electrons. The van der Waals surface area contributed by atoms with E-state index < -0.39 is 0 Å². The van der Waals surface area contributed by atoms with Crippen molar-refractivity contribution >= 4 is 22.7 Å². The summed E-state index contributed by atoms with van der Waals surface area (Å²) in [5, 5.41) is 7.61. The van der Waals surface area contributed by atoms with Gasteiger partial charge in [-0.2, -0.15) is 0 Å². The van der Waals surface area contributed by atoms with Crippen molar-refractivity contribution in [2.24, 2.45) is 0 Å². The zero-order chi connectivity index (χ0) is 37.5. The SMILES string of the molecule is c1ccc(-c2cccc(Nc3ccc(-c4ccc(Nc5cc(-c6ccccc6)cc(-c6ccccc6)c5)c(-c5ccccc5)c4)cc3-c3ccccc3)c2)cc1. The van der Waals surface area contributed by atoms with Crippen LogP contribution in [0, 0.1) is 0 Å². The molecule has 0 aliphatic heterocycles. The highest BCUT2D eigenvalue weighted by atomic mass is 14.9. The quantitative estimate of drug-likeness (QED) is 0.147. The average Bonchev–Trinajstić information content (AvgIpc) is 3.28. The van der Waals surface area contributed by atoms with Crippen molar-refractivity contribution in [2.75, 3.05) is 10.6 Å². The highest BCUT2D eigenvalue weighted by molar-refractivity contribution is 5.90. The van der Waals surface area contributed by atoms with Crippen LogP contribution in [0.3, 0.4) is 0 Å². The van der Waals surface area contributed by atoms with Gasteiger partial charge < -0.3 is 10.6 Å². The lowest BCUT2D eigenvalue weighted by Gasteiger charge is -2.18. The van der Waals surface area contributed by atoms with Gasteiger partial charge in [-0.25, -0.2) is 0 Å². The summed E-state index contributed by atoms with van der Waals surface area (Å²) in [7, 11) is 0. The third kappa shape index (κ3) is 7.64. The number of rotatable bonds is 10. The molecular formula is C54H40N2. The first-order valence-corrected chi connectivity index (χ1v) is 19.1. The molecule has 0 unspecified atom stereocenters. The Balaban J connectivity index is 1.11. The summed E-state index contributed by atoms with van der Waals surface area (Å²) in [6.07, 6.45) is 0. The third-order valence-corrected chi connectivity index (χ3v) is 10.2. The zero-order valence-electron chi connectivity index (χ0n) is 30.9. The molecule has 266 valence electrons. The van der Waals surface area contributed by atoms with Gasteiger partial charge in [-0.15, -0.1) is 0 Å². The summed E-state index contributed by atoms with van der Waals surface area (Å²) in [4.78, 5) is 0. The predicted molar refractivity (Wildman–Crippen MR) is 239 cm³/mol. The monoisotopic (exact) mass is 716 g/mol. The van der Waals surface area contributed by atoms with E-state index in [9.17, 15) is 0 Å². The van der Waals surface area contributed by atoms with Gasteiger partial charge >= 0.3 is 0 Å². The van der Waals surface area contributed by atoms with Crippen LogP contribution in [0.5, 0.6) is 0 Å². The summed E-state index contributed by atoms with van der Waals surface area (Å²) in [5.74, 6) is 0.